The zero-order chi connectivity index (χ0) is 14.6. The van der Waals surface area contributed by atoms with Gasteiger partial charge in [-0.3, -0.25) is 4.90 Å². The van der Waals surface area contributed by atoms with E-state index in [1.54, 1.807) is 0 Å². The third kappa shape index (κ3) is 3.42. The van der Waals surface area contributed by atoms with Crippen LogP contribution in [0.15, 0.2) is 30.3 Å². The fraction of sp³-hybridized carbons (Fsp3) is 0.556. The lowest BCUT2D eigenvalue weighted by molar-refractivity contribution is -0.0175. The summed E-state index contributed by atoms with van der Waals surface area (Å²) in [4.78, 5) is 2.30. The molecule has 0 radical (unpaired) electrons. The number of terminal acetylenes is 1. The summed E-state index contributed by atoms with van der Waals surface area (Å²) in [5, 5.41) is 0. The van der Waals surface area contributed by atoms with Crippen LogP contribution in [0.4, 0.5) is 0 Å². The standard InChI is InChI=1S/C18H25NO/c1-5-18(2,3)19(4)16-12-9-13-17(16)20-14-15-10-7-6-8-11-15/h1,6-8,10-11,16-17H,9,12-14H2,2-4H3/t16-,17-/m1/s1. The van der Waals surface area contributed by atoms with Gasteiger partial charge in [-0.1, -0.05) is 36.3 Å². The molecule has 0 heterocycles. The van der Waals surface area contributed by atoms with E-state index in [0.29, 0.717) is 12.6 Å². The predicted molar refractivity (Wildman–Crippen MR) is 83.3 cm³/mol. The van der Waals surface area contributed by atoms with Crippen LogP contribution in [-0.4, -0.2) is 29.6 Å². The first-order valence-electron chi connectivity index (χ1n) is 7.41. The van der Waals surface area contributed by atoms with E-state index in [-0.39, 0.29) is 11.6 Å². The fourth-order valence-corrected chi connectivity index (χ4v) is 2.84. The largest absolute Gasteiger partial charge is 0.372 e. The van der Waals surface area contributed by atoms with Crippen molar-refractivity contribution < 1.29 is 4.74 Å². The van der Waals surface area contributed by atoms with Gasteiger partial charge in [0, 0.05) is 6.04 Å². The predicted octanol–water partition coefficient (Wildman–Crippen LogP) is 3.47. The van der Waals surface area contributed by atoms with E-state index in [9.17, 15) is 0 Å². The van der Waals surface area contributed by atoms with Crippen molar-refractivity contribution >= 4 is 0 Å². The van der Waals surface area contributed by atoms with Gasteiger partial charge in [-0.2, -0.15) is 0 Å². The van der Waals surface area contributed by atoms with Gasteiger partial charge >= 0.3 is 0 Å². The summed E-state index contributed by atoms with van der Waals surface area (Å²) in [5.41, 5.74) is 1.01. The van der Waals surface area contributed by atoms with Crippen LogP contribution in [-0.2, 0) is 11.3 Å². The first kappa shape index (κ1) is 15.1. The van der Waals surface area contributed by atoms with Crippen LogP contribution < -0.4 is 0 Å². The minimum atomic E-state index is -0.219. The smallest absolute Gasteiger partial charge is 0.0766 e. The molecule has 0 unspecified atom stereocenters. The molecule has 2 atom stereocenters. The number of nitrogens with zero attached hydrogens (tertiary/aromatic N) is 1. The summed E-state index contributed by atoms with van der Waals surface area (Å²) in [6.07, 6.45) is 9.45. The summed E-state index contributed by atoms with van der Waals surface area (Å²) in [6, 6.07) is 10.8. The molecule has 2 heteroatoms. The first-order valence-corrected chi connectivity index (χ1v) is 7.41. The maximum atomic E-state index is 6.15. The maximum absolute atomic E-state index is 6.15. The second-order valence-corrected chi connectivity index (χ2v) is 6.15. The molecule has 0 spiro atoms. The second-order valence-electron chi connectivity index (χ2n) is 6.15. The van der Waals surface area contributed by atoms with Crippen molar-refractivity contribution in [1.82, 2.24) is 4.90 Å². The molecule has 108 valence electrons. The highest BCUT2D eigenvalue weighted by molar-refractivity contribution is 5.14. The molecule has 20 heavy (non-hydrogen) atoms. The van der Waals surface area contributed by atoms with Crippen molar-refractivity contribution in [1.29, 1.82) is 0 Å². The number of hydrogen-bond donors (Lipinski definition) is 0. The van der Waals surface area contributed by atoms with Crippen molar-refractivity contribution in [3.05, 3.63) is 35.9 Å². The zero-order valence-electron chi connectivity index (χ0n) is 12.8. The SMILES string of the molecule is C#CC(C)(C)N(C)[C@@H]1CCC[C@H]1OCc1ccccc1. The van der Waals surface area contributed by atoms with Crippen LogP contribution in [0, 0.1) is 12.3 Å². The van der Waals surface area contributed by atoms with Gasteiger partial charge in [-0.05, 0) is 45.7 Å². The van der Waals surface area contributed by atoms with Crippen molar-refractivity contribution in [2.24, 2.45) is 0 Å². The fourth-order valence-electron chi connectivity index (χ4n) is 2.84. The van der Waals surface area contributed by atoms with Crippen molar-refractivity contribution in [3.63, 3.8) is 0 Å². The highest BCUT2D eigenvalue weighted by Gasteiger charge is 2.36. The Kier molecular flexibility index (Phi) is 4.86. The molecule has 0 amide bonds. The van der Waals surface area contributed by atoms with Gasteiger partial charge in [-0.25, -0.2) is 0 Å². The first-order chi connectivity index (χ1) is 9.54. The van der Waals surface area contributed by atoms with E-state index in [0.717, 1.165) is 6.42 Å². The molecule has 0 N–H and O–H groups in total. The third-order valence-electron chi connectivity index (χ3n) is 4.46. The molecule has 0 aliphatic heterocycles. The summed E-state index contributed by atoms with van der Waals surface area (Å²) >= 11 is 0. The van der Waals surface area contributed by atoms with Gasteiger partial charge in [0.1, 0.15) is 0 Å². The third-order valence-corrected chi connectivity index (χ3v) is 4.46. The molecule has 1 aliphatic rings. The topological polar surface area (TPSA) is 12.5 Å². The Morgan fingerprint density at radius 1 is 1.30 bits per heavy atom. The van der Waals surface area contributed by atoms with Crippen molar-refractivity contribution in [2.45, 2.75) is 57.4 Å². The van der Waals surface area contributed by atoms with Crippen LogP contribution in [0.5, 0.6) is 0 Å². The van der Waals surface area contributed by atoms with Gasteiger partial charge in [0.05, 0.1) is 18.2 Å². The number of likely N-dealkylation sites (N-methyl/N-ethyl adjacent to an activating group) is 1. The minimum Gasteiger partial charge on any atom is -0.372 e. The van der Waals surface area contributed by atoms with Crippen LogP contribution in [0.3, 0.4) is 0 Å². The molecule has 0 bridgehead atoms. The van der Waals surface area contributed by atoms with E-state index >= 15 is 0 Å². The molecular formula is C18H25NO. The molecule has 1 aliphatic carbocycles. The molecule has 1 saturated carbocycles. The van der Waals surface area contributed by atoms with Crippen LogP contribution >= 0.6 is 0 Å². The molecular weight excluding hydrogens is 246 g/mol. The summed E-state index contributed by atoms with van der Waals surface area (Å²) in [6.45, 7) is 4.88. The van der Waals surface area contributed by atoms with Crippen LogP contribution in [0.2, 0.25) is 0 Å². The Balaban J connectivity index is 1.96. The average Bonchev–Trinajstić information content (AvgIpc) is 2.93. The van der Waals surface area contributed by atoms with E-state index < -0.39 is 0 Å². The highest BCUT2D eigenvalue weighted by atomic mass is 16.5. The van der Waals surface area contributed by atoms with E-state index in [4.69, 9.17) is 11.2 Å². The van der Waals surface area contributed by atoms with Crippen molar-refractivity contribution in [2.75, 3.05) is 7.05 Å². The second kappa shape index (κ2) is 6.43. The zero-order valence-corrected chi connectivity index (χ0v) is 12.8. The molecule has 1 fully saturated rings. The summed E-state index contributed by atoms with van der Waals surface area (Å²) in [5.74, 6) is 2.88. The summed E-state index contributed by atoms with van der Waals surface area (Å²) in [7, 11) is 2.12. The Morgan fingerprint density at radius 3 is 2.65 bits per heavy atom. The number of benzene rings is 1. The average molecular weight is 271 g/mol. The maximum Gasteiger partial charge on any atom is 0.0766 e. The number of rotatable bonds is 5. The number of hydrogen-bond acceptors (Lipinski definition) is 2. The van der Waals surface area contributed by atoms with Gasteiger partial charge in [0.2, 0.25) is 0 Å². The molecule has 1 aromatic rings. The van der Waals surface area contributed by atoms with Crippen LogP contribution in [0.1, 0.15) is 38.7 Å². The number of ether oxygens (including phenoxy) is 1. The Bertz CT molecular complexity index is 460. The van der Waals surface area contributed by atoms with Gasteiger partial charge in [0.15, 0.2) is 0 Å². The van der Waals surface area contributed by atoms with E-state index in [1.807, 2.05) is 6.07 Å². The Morgan fingerprint density at radius 2 is 2.00 bits per heavy atom. The lowest BCUT2D eigenvalue weighted by Gasteiger charge is -2.38. The van der Waals surface area contributed by atoms with Gasteiger partial charge < -0.3 is 4.74 Å². The lowest BCUT2D eigenvalue weighted by atomic mass is 10.0. The normalized spacial score (nSPS) is 22.9. The minimum absolute atomic E-state index is 0.219. The van der Waals surface area contributed by atoms with Gasteiger partial charge in [-0.15, -0.1) is 6.42 Å². The van der Waals surface area contributed by atoms with Crippen LogP contribution in [0.25, 0.3) is 0 Å². The monoisotopic (exact) mass is 271 g/mol. The molecule has 0 aromatic heterocycles. The molecule has 0 saturated heterocycles. The summed E-state index contributed by atoms with van der Waals surface area (Å²) < 4.78 is 6.15. The molecule has 1 aromatic carbocycles. The van der Waals surface area contributed by atoms with Crippen molar-refractivity contribution in [3.8, 4) is 12.3 Å². The Hall–Kier alpha value is -1.30. The van der Waals surface area contributed by atoms with E-state index in [1.165, 1.54) is 18.4 Å². The highest BCUT2D eigenvalue weighted by Crippen LogP contribution is 2.30. The molecule has 2 nitrogen and oxygen atoms in total. The Labute approximate surface area is 123 Å². The molecule has 2 rings (SSSR count). The van der Waals surface area contributed by atoms with Gasteiger partial charge in [0.25, 0.3) is 0 Å². The van der Waals surface area contributed by atoms with E-state index in [2.05, 4.69) is 56.0 Å². The quantitative estimate of drug-likeness (QED) is 0.760. The lowest BCUT2D eigenvalue weighted by Crippen LogP contribution is -2.50.